The zero-order chi connectivity index (χ0) is 21.0. The molecule has 5 nitrogen and oxygen atoms in total. The van der Waals surface area contributed by atoms with Gasteiger partial charge < -0.3 is 4.90 Å². The Kier molecular flexibility index (Phi) is 4.97. The third-order valence-electron chi connectivity index (χ3n) is 6.46. The molecular formula is C22H25B2N3O2. The number of fused-ring (bicyclic) bond motifs is 2. The molecule has 0 spiro atoms. The van der Waals surface area contributed by atoms with Crippen molar-refractivity contribution in [2.45, 2.75) is 33.2 Å². The SMILES string of the molecule is [B]c1ccc2c3c(c([B])n(C(C)=O)c13)CC1C2=C[C@@H](C(=O)N(CC)CC)CN1C. The van der Waals surface area contributed by atoms with Crippen LogP contribution in [0, 0.1) is 5.92 Å². The number of aromatic nitrogens is 1. The monoisotopic (exact) mass is 385 g/mol. The Morgan fingerprint density at radius 1 is 1.21 bits per heavy atom. The number of hydrogen-bond donors (Lipinski definition) is 0. The molecule has 0 fully saturated rings. The normalized spacial score (nSPS) is 21.0. The highest BCUT2D eigenvalue weighted by Crippen LogP contribution is 2.40. The van der Waals surface area contributed by atoms with E-state index in [2.05, 4.69) is 18.0 Å². The van der Waals surface area contributed by atoms with Crippen molar-refractivity contribution in [3.63, 3.8) is 0 Å². The number of likely N-dealkylation sites (N-methyl/N-ethyl adjacent to an activating group) is 1. The van der Waals surface area contributed by atoms with Crippen LogP contribution in [0.1, 0.15) is 36.7 Å². The van der Waals surface area contributed by atoms with E-state index in [1.807, 2.05) is 30.9 Å². The van der Waals surface area contributed by atoms with Crippen molar-refractivity contribution >= 4 is 55.0 Å². The van der Waals surface area contributed by atoms with Gasteiger partial charge in [-0.1, -0.05) is 23.7 Å². The van der Waals surface area contributed by atoms with E-state index in [1.165, 1.54) is 11.5 Å². The quantitative estimate of drug-likeness (QED) is 0.729. The molecule has 1 aliphatic carbocycles. The van der Waals surface area contributed by atoms with Crippen molar-refractivity contribution in [3.8, 4) is 0 Å². The minimum absolute atomic E-state index is 0.125. The van der Waals surface area contributed by atoms with Gasteiger partial charge in [-0.15, -0.1) is 0 Å². The van der Waals surface area contributed by atoms with Crippen LogP contribution in [0.2, 0.25) is 0 Å². The summed E-state index contributed by atoms with van der Waals surface area (Å²) in [6.07, 6.45) is 2.83. The molecule has 1 aromatic heterocycles. The van der Waals surface area contributed by atoms with E-state index in [0.717, 1.165) is 22.1 Å². The van der Waals surface area contributed by atoms with Crippen molar-refractivity contribution < 1.29 is 9.59 Å². The van der Waals surface area contributed by atoms with Gasteiger partial charge in [0.15, 0.2) is 0 Å². The highest BCUT2D eigenvalue weighted by molar-refractivity contribution is 6.43. The third kappa shape index (κ3) is 2.90. The van der Waals surface area contributed by atoms with Crippen LogP contribution in [0.5, 0.6) is 0 Å². The van der Waals surface area contributed by atoms with E-state index in [-0.39, 0.29) is 23.8 Å². The van der Waals surface area contributed by atoms with Gasteiger partial charge in [0.1, 0.15) is 15.7 Å². The van der Waals surface area contributed by atoms with Crippen molar-refractivity contribution in [1.82, 2.24) is 14.4 Å². The van der Waals surface area contributed by atoms with Crippen LogP contribution in [-0.2, 0) is 11.2 Å². The lowest BCUT2D eigenvalue weighted by Crippen LogP contribution is -2.48. The van der Waals surface area contributed by atoms with E-state index in [9.17, 15) is 9.59 Å². The molecule has 146 valence electrons. The van der Waals surface area contributed by atoms with E-state index >= 15 is 0 Å². The van der Waals surface area contributed by atoms with Gasteiger partial charge in [0.05, 0.1) is 5.92 Å². The second kappa shape index (κ2) is 7.21. The average molecular weight is 385 g/mol. The fourth-order valence-corrected chi connectivity index (χ4v) is 5.01. The molecule has 1 unspecified atom stereocenters. The summed E-state index contributed by atoms with van der Waals surface area (Å²) in [5, 5.41) is 0.949. The minimum Gasteiger partial charge on any atom is -0.343 e. The molecule has 2 aromatic rings. The molecule has 1 amide bonds. The summed E-state index contributed by atoms with van der Waals surface area (Å²) in [6, 6.07) is 3.96. The summed E-state index contributed by atoms with van der Waals surface area (Å²) in [5.41, 5.74) is 4.82. The van der Waals surface area contributed by atoms with Gasteiger partial charge in [0, 0.05) is 43.5 Å². The molecular weight excluding hydrogens is 360 g/mol. The number of nitrogens with zero attached hydrogens (tertiary/aromatic N) is 3. The number of carbonyl (C=O) groups is 2. The first-order chi connectivity index (χ1) is 13.8. The molecule has 29 heavy (non-hydrogen) atoms. The number of hydrogen-bond acceptors (Lipinski definition) is 3. The maximum absolute atomic E-state index is 13.0. The molecule has 7 heteroatoms. The van der Waals surface area contributed by atoms with Crippen LogP contribution in [-0.4, -0.2) is 74.6 Å². The van der Waals surface area contributed by atoms with Crippen LogP contribution >= 0.6 is 0 Å². The molecule has 0 saturated carbocycles. The highest BCUT2D eigenvalue weighted by Gasteiger charge is 2.38. The molecule has 2 heterocycles. The Balaban J connectivity index is 1.92. The van der Waals surface area contributed by atoms with Gasteiger partial charge in [0.2, 0.25) is 11.8 Å². The van der Waals surface area contributed by atoms with Crippen LogP contribution in [0.4, 0.5) is 0 Å². The highest BCUT2D eigenvalue weighted by atomic mass is 16.2. The molecule has 0 N–H and O–H groups in total. The zero-order valence-electron chi connectivity index (χ0n) is 17.5. The average Bonchev–Trinajstić information content (AvgIpc) is 2.99. The topological polar surface area (TPSA) is 45.6 Å². The molecule has 0 bridgehead atoms. The smallest absolute Gasteiger partial charge is 0.230 e. The van der Waals surface area contributed by atoms with Crippen molar-refractivity contribution in [2.24, 2.45) is 5.92 Å². The number of amides is 1. The summed E-state index contributed by atoms with van der Waals surface area (Å²) in [6.45, 7) is 7.60. The maximum Gasteiger partial charge on any atom is 0.230 e. The lowest BCUT2D eigenvalue weighted by atomic mass is 9.76. The van der Waals surface area contributed by atoms with Crippen molar-refractivity contribution in [3.05, 3.63) is 29.3 Å². The molecule has 2 aliphatic rings. The second-order valence-electron chi connectivity index (χ2n) is 8.04. The van der Waals surface area contributed by atoms with Gasteiger partial charge in [-0.05, 0) is 49.6 Å². The largest absolute Gasteiger partial charge is 0.343 e. The van der Waals surface area contributed by atoms with E-state index < -0.39 is 0 Å². The zero-order valence-corrected chi connectivity index (χ0v) is 17.5. The van der Waals surface area contributed by atoms with Crippen LogP contribution < -0.4 is 11.1 Å². The molecule has 1 aliphatic heterocycles. The first-order valence-corrected chi connectivity index (χ1v) is 10.2. The van der Waals surface area contributed by atoms with E-state index in [4.69, 9.17) is 15.7 Å². The number of benzene rings is 1. The van der Waals surface area contributed by atoms with Gasteiger partial charge in [-0.3, -0.25) is 19.1 Å². The maximum atomic E-state index is 13.0. The third-order valence-corrected chi connectivity index (χ3v) is 6.46. The van der Waals surface area contributed by atoms with E-state index in [1.54, 1.807) is 0 Å². The molecule has 4 rings (SSSR count). The lowest BCUT2D eigenvalue weighted by Gasteiger charge is -2.40. The fourth-order valence-electron chi connectivity index (χ4n) is 5.01. The second-order valence-corrected chi connectivity index (χ2v) is 8.04. The lowest BCUT2D eigenvalue weighted by molar-refractivity contribution is -0.134. The predicted octanol–water partition coefficient (Wildman–Crippen LogP) is 0.627. The summed E-state index contributed by atoms with van der Waals surface area (Å²) < 4.78 is 1.53. The number of carbonyl (C=O) groups excluding carboxylic acids is 2. The minimum atomic E-state index is -0.187. The van der Waals surface area contributed by atoms with Crippen LogP contribution in [0.15, 0.2) is 18.2 Å². The van der Waals surface area contributed by atoms with Crippen molar-refractivity contribution in [2.75, 3.05) is 26.7 Å². The first-order valence-electron chi connectivity index (χ1n) is 10.2. The Bertz CT molecular complexity index is 1050. The first kappa shape index (κ1) is 20.0. The summed E-state index contributed by atoms with van der Waals surface area (Å²) in [4.78, 5) is 29.5. The molecule has 0 saturated heterocycles. The van der Waals surface area contributed by atoms with Gasteiger partial charge in [-0.2, -0.15) is 0 Å². The standard InChI is InChI=1S/C22H25B2N3O2/c1-5-26(6-2)22(29)13-9-15-14-7-8-17(23)20-19(14)16(10-18(15)25(4)11-13)21(24)27(20)12(3)28/h7-9,13,18H,5-6,10-11H2,1-4H3/t13-,18?/m1/s1. The number of rotatable bonds is 3. The summed E-state index contributed by atoms with van der Waals surface area (Å²) >= 11 is 0. The summed E-state index contributed by atoms with van der Waals surface area (Å²) in [7, 11) is 14.7. The van der Waals surface area contributed by atoms with Crippen LogP contribution in [0.3, 0.4) is 0 Å². The Morgan fingerprint density at radius 3 is 2.52 bits per heavy atom. The van der Waals surface area contributed by atoms with Gasteiger partial charge >= 0.3 is 0 Å². The Morgan fingerprint density at radius 2 is 1.90 bits per heavy atom. The molecule has 1 aromatic carbocycles. The Hall–Kier alpha value is -2.27. The van der Waals surface area contributed by atoms with Gasteiger partial charge in [-0.25, -0.2) is 0 Å². The molecule has 2 atom stereocenters. The Labute approximate surface area is 174 Å². The summed E-state index contributed by atoms with van der Waals surface area (Å²) in [5.74, 6) is -0.178. The van der Waals surface area contributed by atoms with Gasteiger partial charge in [0.25, 0.3) is 0 Å². The predicted molar refractivity (Wildman–Crippen MR) is 119 cm³/mol. The van der Waals surface area contributed by atoms with E-state index in [0.29, 0.717) is 42.6 Å². The van der Waals surface area contributed by atoms with Crippen LogP contribution in [0.25, 0.3) is 16.5 Å². The molecule has 4 radical (unpaired) electrons. The van der Waals surface area contributed by atoms with Crippen molar-refractivity contribution in [1.29, 1.82) is 0 Å². The fraction of sp³-hybridized carbons (Fsp3) is 0.455.